The van der Waals surface area contributed by atoms with Gasteiger partial charge in [0.2, 0.25) is 0 Å². The zero-order chi connectivity index (χ0) is 9.68. The number of carbonyl (C=O) groups excluding carboxylic acids is 1. The molecule has 0 aromatic heterocycles. The Morgan fingerprint density at radius 2 is 2.31 bits per heavy atom. The van der Waals surface area contributed by atoms with Gasteiger partial charge in [0.1, 0.15) is 0 Å². The Bertz CT molecular complexity index is 165. The van der Waals surface area contributed by atoms with Crippen LogP contribution in [-0.4, -0.2) is 24.6 Å². The predicted octanol–water partition coefficient (Wildman–Crippen LogP) is 0.585. The second-order valence-electron chi connectivity index (χ2n) is 3.64. The molecule has 0 saturated carbocycles. The van der Waals surface area contributed by atoms with Gasteiger partial charge in [-0.1, -0.05) is 6.42 Å². The van der Waals surface area contributed by atoms with E-state index < -0.39 is 0 Å². The Morgan fingerprint density at radius 1 is 1.54 bits per heavy atom. The van der Waals surface area contributed by atoms with Gasteiger partial charge in [0.05, 0.1) is 12.1 Å². The van der Waals surface area contributed by atoms with Crippen LogP contribution in [0.2, 0.25) is 0 Å². The summed E-state index contributed by atoms with van der Waals surface area (Å²) < 4.78 is 0. The molecule has 0 bridgehead atoms. The number of amides is 1. The minimum atomic E-state index is -0.0625. The first-order valence-electron chi connectivity index (χ1n) is 4.89. The third-order valence-electron chi connectivity index (χ3n) is 2.02. The molecule has 1 fully saturated rings. The molecule has 0 spiro atoms. The van der Waals surface area contributed by atoms with Crippen molar-refractivity contribution in [1.29, 1.82) is 0 Å². The molecule has 2 N–H and O–H groups in total. The lowest BCUT2D eigenvalue weighted by Crippen LogP contribution is -2.47. The highest BCUT2D eigenvalue weighted by molar-refractivity contribution is 5.80. The Hall–Kier alpha value is -0.610. The van der Waals surface area contributed by atoms with Crippen molar-refractivity contribution in [2.45, 2.75) is 45.3 Å². The summed E-state index contributed by atoms with van der Waals surface area (Å²) in [6.07, 6.45) is 3.22. The molecule has 4 nitrogen and oxygen atoms in total. The van der Waals surface area contributed by atoms with E-state index in [1.54, 1.807) is 0 Å². The van der Waals surface area contributed by atoms with Crippen LogP contribution in [0.4, 0.5) is 0 Å². The molecule has 13 heavy (non-hydrogen) atoms. The number of nitrogens with one attached hydrogen (secondary N) is 2. The van der Waals surface area contributed by atoms with E-state index in [-0.39, 0.29) is 18.1 Å². The summed E-state index contributed by atoms with van der Waals surface area (Å²) in [5.74, 6) is -0.0478. The fraction of sp³-hybridized carbons (Fsp3) is 0.889. The fourth-order valence-electron chi connectivity index (χ4n) is 1.32. The Labute approximate surface area is 79.0 Å². The van der Waals surface area contributed by atoms with E-state index in [1.807, 2.05) is 13.8 Å². The van der Waals surface area contributed by atoms with Crippen molar-refractivity contribution in [3.8, 4) is 0 Å². The highest BCUT2D eigenvalue weighted by Crippen LogP contribution is 2.06. The molecule has 1 aliphatic heterocycles. The maximum absolute atomic E-state index is 11.4. The molecule has 1 aliphatic rings. The normalized spacial score (nSPS) is 23.2. The topological polar surface area (TPSA) is 50.4 Å². The summed E-state index contributed by atoms with van der Waals surface area (Å²) in [5, 5.41) is 3.15. The van der Waals surface area contributed by atoms with Crippen LogP contribution in [0.25, 0.3) is 0 Å². The molecule has 1 heterocycles. The SMILES string of the molecule is CC(C)ONC(=O)[C@@H]1CCCCN1. The van der Waals surface area contributed by atoms with Gasteiger partial charge in [-0.25, -0.2) is 5.48 Å². The van der Waals surface area contributed by atoms with Gasteiger partial charge in [0, 0.05) is 0 Å². The summed E-state index contributed by atoms with van der Waals surface area (Å²) in [5.41, 5.74) is 2.45. The second-order valence-corrected chi connectivity index (χ2v) is 3.64. The van der Waals surface area contributed by atoms with Crippen LogP contribution in [0.5, 0.6) is 0 Å². The van der Waals surface area contributed by atoms with E-state index in [0.29, 0.717) is 0 Å². The summed E-state index contributed by atoms with van der Waals surface area (Å²) in [6, 6.07) is -0.0625. The van der Waals surface area contributed by atoms with Crippen LogP contribution in [0.15, 0.2) is 0 Å². The van der Waals surface area contributed by atoms with Crippen molar-refractivity contribution in [3.63, 3.8) is 0 Å². The quantitative estimate of drug-likeness (QED) is 0.634. The van der Waals surface area contributed by atoms with Gasteiger partial charge < -0.3 is 5.32 Å². The van der Waals surface area contributed by atoms with Gasteiger partial charge in [-0.3, -0.25) is 9.63 Å². The zero-order valence-electron chi connectivity index (χ0n) is 8.30. The smallest absolute Gasteiger partial charge is 0.260 e. The molecule has 0 aromatic carbocycles. The first kappa shape index (κ1) is 10.5. The van der Waals surface area contributed by atoms with Crippen molar-refractivity contribution >= 4 is 5.91 Å². The number of piperidine rings is 1. The van der Waals surface area contributed by atoms with Gasteiger partial charge in [0.25, 0.3) is 5.91 Å². The predicted molar refractivity (Wildman–Crippen MR) is 50.0 cm³/mol. The third kappa shape index (κ3) is 3.74. The van der Waals surface area contributed by atoms with Crippen molar-refractivity contribution < 1.29 is 9.63 Å². The summed E-state index contributed by atoms with van der Waals surface area (Å²) in [4.78, 5) is 16.4. The fourth-order valence-corrected chi connectivity index (χ4v) is 1.32. The average molecular weight is 186 g/mol. The summed E-state index contributed by atoms with van der Waals surface area (Å²) in [6.45, 7) is 4.70. The first-order valence-corrected chi connectivity index (χ1v) is 4.89. The number of hydrogen-bond acceptors (Lipinski definition) is 3. The van der Waals surface area contributed by atoms with Gasteiger partial charge >= 0.3 is 0 Å². The maximum atomic E-state index is 11.4. The number of carbonyl (C=O) groups is 1. The lowest BCUT2D eigenvalue weighted by Gasteiger charge is -2.22. The molecule has 0 radical (unpaired) electrons. The summed E-state index contributed by atoms with van der Waals surface area (Å²) >= 11 is 0. The Morgan fingerprint density at radius 3 is 2.85 bits per heavy atom. The number of hydroxylamine groups is 1. The van der Waals surface area contributed by atoms with Crippen LogP contribution < -0.4 is 10.8 Å². The van der Waals surface area contributed by atoms with Gasteiger partial charge in [0.15, 0.2) is 0 Å². The molecular formula is C9H18N2O2. The lowest BCUT2D eigenvalue weighted by molar-refractivity contribution is -0.139. The molecule has 0 aliphatic carbocycles. The van der Waals surface area contributed by atoms with E-state index in [9.17, 15) is 4.79 Å². The van der Waals surface area contributed by atoms with Gasteiger partial charge in [-0.05, 0) is 33.2 Å². The Balaban J connectivity index is 2.21. The molecule has 1 rings (SSSR count). The molecular weight excluding hydrogens is 168 g/mol. The molecule has 0 unspecified atom stereocenters. The van der Waals surface area contributed by atoms with Gasteiger partial charge in [-0.2, -0.15) is 0 Å². The standard InChI is InChI=1S/C9H18N2O2/c1-7(2)13-11-9(12)8-5-3-4-6-10-8/h7-8,10H,3-6H2,1-2H3,(H,11,12)/t8-/m0/s1. The van der Waals surface area contributed by atoms with Gasteiger partial charge in [-0.15, -0.1) is 0 Å². The average Bonchev–Trinajstić information content (AvgIpc) is 2.15. The zero-order valence-corrected chi connectivity index (χ0v) is 8.30. The second kappa shape index (κ2) is 5.19. The van der Waals surface area contributed by atoms with Crippen LogP contribution in [0.1, 0.15) is 33.1 Å². The minimum Gasteiger partial charge on any atom is -0.306 e. The highest BCUT2D eigenvalue weighted by atomic mass is 16.7. The first-order chi connectivity index (χ1) is 6.20. The maximum Gasteiger partial charge on any atom is 0.260 e. The molecule has 1 atom stereocenters. The van der Waals surface area contributed by atoms with Crippen LogP contribution in [0, 0.1) is 0 Å². The molecule has 1 amide bonds. The van der Waals surface area contributed by atoms with Crippen molar-refractivity contribution in [3.05, 3.63) is 0 Å². The van der Waals surface area contributed by atoms with Crippen molar-refractivity contribution in [2.24, 2.45) is 0 Å². The third-order valence-corrected chi connectivity index (χ3v) is 2.02. The van der Waals surface area contributed by atoms with Crippen molar-refractivity contribution in [2.75, 3.05) is 6.54 Å². The molecule has 4 heteroatoms. The number of hydrogen-bond donors (Lipinski definition) is 2. The largest absolute Gasteiger partial charge is 0.306 e. The van der Waals surface area contributed by atoms with E-state index in [0.717, 1.165) is 25.8 Å². The van der Waals surface area contributed by atoms with Crippen LogP contribution in [0.3, 0.4) is 0 Å². The molecule has 0 aromatic rings. The lowest BCUT2D eigenvalue weighted by atomic mass is 10.1. The van der Waals surface area contributed by atoms with Crippen molar-refractivity contribution in [1.82, 2.24) is 10.8 Å². The monoisotopic (exact) mass is 186 g/mol. The highest BCUT2D eigenvalue weighted by Gasteiger charge is 2.20. The van der Waals surface area contributed by atoms with E-state index in [2.05, 4.69) is 10.8 Å². The van der Waals surface area contributed by atoms with Crippen LogP contribution >= 0.6 is 0 Å². The molecule has 76 valence electrons. The van der Waals surface area contributed by atoms with E-state index in [4.69, 9.17) is 4.84 Å². The summed E-state index contributed by atoms with van der Waals surface area (Å²) in [7, 11) is 0. The minimum absolute atomic E-state index is 0.0348. The molecule has 1 saturated heterocycles. The Kier molecular flexibility index (Phi) is 4.18. The van der Waals surface area contributed by atoms with E-state index in [1.165, 1.54) is 0 Å². The van der Waals surface area contributed by atoms with Crippen LogP contribution in [-0.2, 0) is 9.63 Å². The van der Waals surface area contributed by atoms with E-state index >= 15 is 0 Å². The number of rotatable bonds is 3.